The lowest BCUT2D eigenvalue weighted by Crippen LogP contribution is -2.37. The zero-order valence-electron chi connectivity index (χ0n) is 10.4. The van der Waals surface area contributed by atoms with Gasteiger partial charge in [0, 0.05) is 25.7 Å². The summed E-state index contributed by atoms with van der Waals surface area (Å²) in [6.45, 7) is 6.32. The maximum Gasteiger partial charge on any atom is 0.0642 e. The van der Waals surface area contributed by atoms with Crippen molar-refractivity contribution >= 4 is 11.4 Å². The highest BCUT2D eigenvalue weighted by Crippen LogP contribution is 2.26. The minimum absolute atomic E-state index is 0.160. The molecule has 1 aromatic rings. The number of nitrogens with one attached hydrogen (secondary N) is 1. The van der Waals surface area contributed by atoms with Crippen molar-refractivity contribution in [3.63, 3.8) is 0 Å². The number of morpholine rings is 1. The van der Waals surface area contributed by atoms with E-state index < -0.39 is 0 Å². The zero-order chi connectivity index (χ0) is 12.1. The second-order valence-electron chi connectivity index (χ2n) is 4.47. The summed E-state index contributed by atoms with van der Waals surface area (Å²) in [4.78, 5) is 2.35. The molecule has 0 aromatic heterocycles. The molecule has 1 unspecified atom stereocenters. The fraction of sp³-hybridized carbons (Fsp3) is 0.538. The highest BCUT2D eigenvalue weighted by molar-refractivity contribution is 5.70. The van der Waals surface area contributed by atoms with E-state index in [9.17, 15) is 0 Å². The van der Waals surface area contributed by atoms with Crippen molar-refractivity contribution in [3.05, 3.63) is 24.3 Å². The van der Waals surface area contributed by atoms with Crippen LogP contribution in [0.15, 0.2) is 24.3 Å². The van der Waals surface area contributed by atoms with Crippen LogP contribution in [0.2, 0.25) is 0 Å². The van der Waals surface area contributed by atoms with E-state index in [1.54, 1.807) is 0 Å². The molecule has 4 heteroatoms. The molecule has 0 aliphatic carbocycles. The van der Waals surface area contributed by atoms with Gasteiger partial charge in [-0.3, -0.25) is 0 Å². The molecule has 94 valence electrons. The van der Waals surface area contributed by atoms with Crippen LogP contribution in [-0.2, 0) is 4.74 Å². The standard InChI is InChI=1S/C13H21N3O/c1-11(14)10-15-12-4-2-3-5-13(12)16-6-8-17-9-7-16/h2-5,11,15H,6-10,14H2,1H3. The van der Waals surface area contributed by atoms with Crippen LogP contribution in [0.4, 0.5) is 11.4 Å². The molecule has 1 aliphatic rings. The Hall–Kier alpha value is -1.26. The van der Waals surface area contributed by atoms with Crippen molar-refractivity contribution in [1.82, 2.24) is 0 Å². The van der Waals surface area contributed by atoms with Crippen LogP contribution in [0.5, 0.6) is 0 Å². The molecule has 4 nitrogen and oxygen atoms in total. The molecule has 0 spiro atoms. The fourth-order valence-electron chi connectivity index (χ4n) is 1.97. The third kappa shape index (κ3) is 3.35. The van der Waals surface area contributed by atoms with Crippen LogP contribution >= 0.6 is 0 Å². The molecule has 2 rings (SSSR count). The Balaban J connectivity index is 2.09. The topological polar surface area (TPSA) is 50.5 Å². The Morgan fingerprint density at radius 3 is 2.76 bits per heavy atom. The first-order valence-corrected chi connectivity index (χ1v) is 6.18. The lowest BCUT2D eigenvalue weighted by molar-refractivity contribution is 0.123. The smallest absolute Gasteiger partial charge is 0.0642 e. The SMILES string of the molecule is CC(N)CNc1ccccc1N1CCOCC1. The van der Waals surface area contributed by atoms with Gasteiger partial charge in [0.2, 0.25) is 0 Å². The second kappa shape index (κ2) is 5.89. The van der Waals surface area contributed by atoms with Crippen molar-refractivity contribution in [3.8, 4) is 0 Å². The number of ether oxygens (including phenoxy) is 1. The molecule has 0 amide bonds. The second-order valence-corrected chi connectivity index (χ2v) is 4.47. The van der Waals surface area contributed by atoms with E-state index in [0.29, 0.717) is 0 Å². The molecule has 0 bridgehead atoms. The molecular weight excluding hydrogens is 214 g/mol. The first kappa shape index (κ1) is 12.2. The van der Waals surface area contributed by atoms with Crippen molar-refractivity contribution in [2.24, 2.45) is 5.73 Å². The number of hydrogen-bond donors (Lipinski definition) is 2. The Kier molecular flexibility index (Phi) is 4.23. The Morgan fingerprint density at radius 2 is 2.06 bits per heavy atom. The number of benzene rings is 1. The third-order valence-electron chi connectivity index (χ3n) is 2.87. The van der Waals surface area contributed by atoms with E-state index in [4.69, 9.17) is 10.5 Å². The molecule has 1 fully saturated rings. The van der Waals surface area contributed by atoms with E-state index >= 15 is 0 Å². The van der Waals surface area contributed by atoms with E-state index in [2.05, 4.69) is 28.4 Å². The molecule has 3 N–H and O–H groups in total. The van der Waals surface area contributed by atoms with Crippen LogP contribution < -0.4 is 16.0 Å². The summed E-state index contributed by atoms with van der Waals surface area (Å²) in [5.41, 5.74) is 8.18. The van der Waals surface area contributed by atoms with Crippen LogP contribution in [-0.4, -0.2) is 38.9 Å². The van der Waals surface area contributed by atoms with Crippen LogP contribution in [0.1, 0.15) is 6.92 Å². The zero-order valence-corrected chi connectivity index (χ0v) is 10.4. The lowest BCUT2D eigenvalue weighted by atomic mass is 10.2. The predicted octanol–water partition coefficient (Wildman–Crippen LogP) is 1.28. The van der Waals surface area contributed by atoms with Gasteiger partial charge in [-0.15, -0.1) is 0 Å². The average Bonchev–Trinajstić information content (AvgIpc) is 2.38. The van der Waals surface area contributed by atoms with Gasteiger partial charge in [-0.05, 0) is 19.1 Å². The Morgan fingerprint density at radius 1 is 1.35 bits per heavy atom. The van der Waals surface area contributed by atoms with Gasteiger partial charge in [-0.25, -0.2) is 0 Å². The quantitative estimate of drug-likeness (QED) is 0.825. The van der Waals surface area contributed by atoms with E-state index in [-0.39, 0.29) is 6.04 Å². The predicted molar refractivity (Wildman–Crippen MR) is 71.6 cm³/mol. The summed E-state index contributed by atoms with van der Waals surface area (Å²) in [6, 6.07) is 8.53. The molecule has 17 heavy (non-hydrogen) atoms. The van der Waals surface area contributed by atoms with Crippen molar-refractivity contribution in [2.75, 3.05) is 43.1 Å². The maximum absolute atomic E-state index is 5.77. The monoisotopic (exact) mass is 235 g/mol. The summed E-state index contributed by atoms with van der Waals surface area (Å²) >= 11 is 0. The number of nitrogens with zero attached hydrogens (tertiary/aromatic N) is 1. The van der Waals surface area contributed by atoms with Crippen molar-refractivity contribution < 1.29 is 4.74 Å². The van der Waals surface area contributed by atoms with Gasteiger partial charge in [-0.2, -0.15) is 0 Å². The number of para-hydroxylation sites is 2. The first-order valence-electron chi connectivity index (χ1n) is 6.18. The lowest BCUT2D eigenvalue weighted by Gasteiger charge is -2.30. The van der Waals surface area contributed by atoms with Gasteiger partial charge >= 0.3 is 0 Å². The van der Waals surface area contributed by atoms with E-state index in [1.807, 2.05) is 13.0 Å². The summed E-state index contributed by atoms with van der Waals surface area (Å²) in [5, 5.41) is 3.40. The first-order chi connectivity index (χ1) is 8.27. The summed E-state index contributed by atoms with van der Waals surface area (Å²) in [6.07, 6.45) is 0. The van der Waals surface area contributed by atoms with E-state index in [0.717, 1.165) is 38.5 Å². The van der Waals surface area contributed by atoms with Gasteiger partial charge in [0.15, 0.2) is 0 Å². The van der Waals surface area contributed by atoms with E-state index in [1.165, 1.54) is 5.69 Å². The summed E-state index contributed by atoms with van der Waals surface area (Å²) in [5.74, 6) is 0. The Labute approximate surface area is 103 Å². The molecule has 1 heterocycles. The number of rotatable bonds is 4. The summed E-state index contributed by atoms with van der Waals surface area (Å²) < 4.78 is 5.38. The van der Waals surface area contributed by atoms with Crippen molar-refractivity contribution in [2.45, 2.75) is 13.0 Å². The molecule has 0 saturated carbocycles. The van der Waals surface area contributed by atoms with Crippen LogP contribution in [0, 0.1) is 0 Å². The highest BCUT2D eigenvalue weighted by atomic mass is 16.5. The minimum Gasteiger partial charge on any atom is -0.382 e. The molecular formula is C13H21N3O. The molecule has 1 saturated heterocycles. The summed E-state index contributed by atoms with van der Waals surface area (Å²) in [7, 11) is 0. The minimum atomic E-state index is 0.160. The largest absolute Gasteiger partial charge is 0.382 e. The van der Waals surface area contributed by atoms with Crippen LogP contribution in [0.25, 0.3) is 0 Å². The molecule has 0 radical (unpaired) electrons. The third-order valence-corrected chi connectivity index (χ3v) is 2.87. The normalized spacial score (nSPS) is 17.9. The molecule has 1 atom stereocenters. The number of anilines is 2. The maximum atomic E-state index is 5.77. The Bertz CT molecular complexity index is 348. The average molecular weight is 235 g/mol. The van der Waals surface area contributed by atoms with Crippen LogP contribution in [0.3, 0.4) is 0 Å². The van der Waals surface area contributed by atoms with Gasteiger partial charge in [0.25, 0.3) is 0 Å². The van der Waals surface area contributed by atoms with Crippen molar-refractivity contribution in [1.29, 1.82) is 0 Å². The molecule has 1 aromatic carbocycles. The van der Waals surface area contributed by atoms with Gasteiger partial charge in [0.1, 0.15) is 0 Å². The highest BCUT2D eigenvalue weighted by Gasteiger charge is 2.14. The van der Waals surface area contributed by atoms with Gasteiger partial charge in [0.05, 0.1) is 24.6 Å². The van der Waals surface area contributed by atoms with Gasteiger partial charge in [-0.1, -0.05) is 12.1 Å². The molecule has 1 aliphatic heterocycles. The fourth-order valence-corrected chi connectivity index (χ4v) is 1.97. The number of hydrogen-bond acceptors (Lipinski definition) is 4. The van der Waals surface area contributed by atoms with Gasteiger partial charge < -0.3 is 20.7 Å². The number of nitrogens with two attached hydrogens (primary N) is 1.